The Morgan fingerprint density at radius 1 is 1.29 bits per heavy atom. The van der Waals surface area contributed by atoms with E-state index in [1.807, 2.05) is 62.3 Å². The van der Waals surface area contributed by atoms with Gasteiger partial charge in [-0.25, -0.2) is 0 Å². The SMILES string of the molecule is C/C=C/CCNC(=O)c1ccc(N(C)C)cc1. The van der Waals surface area contributed by atoms with Crippen molar-refractivity contribution < 1.29 is 4.79 Å². The first-order chi connectivity index (χ1) is 8.15. The van der Waals surface area contributed by atoms with Gasteiger partial charge in [0.15, 0.2) is 0 Å². The van der Waals surface area contributed by atoms with Crippen molar-refractivity contribution in [1.82, 2.24) is 5.32 Å². The van der Waals surface area contributed by atoms with Gasteiger partial charge in [-0.05, 0) is 37.6 Å². The predicted molar refractivity (Wildman–Crippen MR) is 72.5 cm³/mol. The highest BCUT2D eigenvalue weighted by atomic mass is 16.1. The van der Waals surface area contributed by atoms with Gasteiger partial charge in [-0.1, -0.05) is 12.2 Å². The summed E-state index contributed by atoms with van der Waals surface area (Å²) >= 11 is 0. The van der Waals surface area contributed by atoms with Crippen LogP contribution < -0.4 is 10.2 Å². The summed E-state index contributed by atoms with van der Waals surface area (Å²) in [6.45, 7) is 2.65. The third kappa shape index (κ3) is 4.31. The van der Waals surface area contributed by atoms with E-state index in [2.05, 4.69) is 5.32 Å². The van der Waals surface area contributed by atoms with E-state index in [9.17, 15) is 4.79 Å². The number of nitrogens with zero attached hydrogens (tertiary/aromatic N) is 1. The lowest BCUT2D eigenvalue weighted by atomic mass is 10.2. The van der Waals surface area contributed by atoms with Gasteiger partial charge >= 0.3 is 0 Å². The molecule has 1 aromatic rings. The number of hydrogen-bond donors (Lipinski definition) is 1. The van der Waals surface area contributed by atoms with E-state index in [1.54, 1.807) is 0 Å². The molecule has 0 saturated heterocycles. The van der Waals surface area contributed by atoms with Crippen molar-refractivity contribution in [2.45, 2.75) is 13.3 Å². The van der Waals surface area contributed by atoms with Gasteiger partial charge in [-0.2, -0.15) is 0 Å². The Kier molecular flexibility index (Phi) is 5.27. The van der Waals surface area contributed by atoms with Crippen molar-refractivity contribution in [3.63, 3.8) is 0 Å². The minimum Gasteiger partial charge on any atom is -0.378 e. The number of anilines is 1. The van der Waals surface area contributed by atoms with Crippen LogP contribution in [0.2, 0.25) is 0 Å². The van der Waals surface area contributed by atoms with Gasteiger partial charge in [0.2, 0.25) is 0 Å². The van der Waals surface area contributed by atoms with Gasteiger partial charge in [0.1, 0.15) is 0 Å². The van der Waals surface area contributed by atoms with Crippen molar-refractivity contribution in [3.8, 4) is 0 Å². The van der Waals surface area contributed by atoms with Gasteiger partial charge in [-0.3, -0.25) is 4.79 Å². The van der Waals surface area contributed by atoms with Crippen LogP contribution in [0.1, 0.15) is 23.7 Å². The molecule has 3 heteroatoms. The van der Waals surface area contributed by atoms with E-state index in [4.69, 9.17) is 0 Å². The van der Waals surface area contributed by atoms with E-state index < -0.39 is 0 Å². The second-order valence-electron chi connectivity index (χ2n) is 4.05. The predicted octanol–water partition coefficient (Wildman–Crippen LogP) is 2.45. The molecule has 0 aliphatic carbocycles. The van der Waals surface area contributed by atoms with Crippen molar-refractivity contribution >= 4 is 11.6 Å². The van der Waals surface area contributed by atoms with Gasteiger partial charge in [-0.15, -0.1) is 0 Å². The highest BCUT2D eigenvalue weighted by Gasteiger charge is 2.04. The number of carbonyl (C=O) groups excluding carboxylic acids is 1. The normalized spacial score (nSPS) is 10.5. The monoisotopic (exact) mass is 232 g/mol. The fourth-order valence-corrected chi connectivity index (χ4v) is 1.45. The molecule has 0 bridgehead atoms. The zero-order chi connectivity index (χ0) is 12.7. The highest BCUT2D eigenvalue weighted by Crippen LogP contribution is 2.11. The summed E-state index contributed by atoms with van der Waals surface area (Å²) in [4.78, 5) is 13.7. The molecule has 0 aliphatic heterocycles. The third-order valence-corrected chi connectivity index (χ3v) is 2.48. The summed E-state index contributed by atoms with van der Waals surface area (Å²) < 4.78 is 0. The summed E-state index contributed by atoms with van der Waals surface area (Å²) in [6, 6.07) is 7.59. The minimum absolute atomic E-state index is 0.0141. The molecule has 0 fully saturated rings. The zero-order valence-corrected chi connectivity index (χ0v) is 10.7. The maximum absolute atomic E-state index is 11.7. The quantitative estimate of drug-likeness (QED) is 0.624. The second-order valence-corrected chi connectivity index (χ2v) is 4.05. The van der Waals surface area contributed by atoms with Crippen molar-refractivity contribution in [1.29, 1.82) is 0 Å². The summed E-state index contributed by atoms with van der Waals surface area (Å²) in [7, 11) is 3.96. The van der Waals surface area contributed by atoms with E-state index in [0.29, 0.717) is 12.1 Å². The molecule has 1 N–H and O–H groups in total. The molecule has 3 nitrogen and oxygen atoms in total. The molecule has 0 aromatic heterocycles. The Labute approximate surface area is 103 Å². The molecule has 0 aliphatic rings. The van der Waals surface area contributed by atoms with Crippen LogP contribution in [-0.4, -0.2) is 26.5 Å². The Hall–Kier alpha value is -1.77. The molecular formula is C14H20N2O. The van der Waals surface area contributed by atoms with E-state index in [0.717, 1.165) is 12.1 Å². The van der Waals surface area contributed by atoms with Gasteiger partial charge < -0.3 is 10.2 Å². The Balaban J connectivity index is 2.52. The standard InChI is InChI=1S/C14H20N2O/c1-4-5-6-11-15-14(17)12-7-9-13(10-8-12)16(2)3/h4-5,7-10H,6,11H2,1-3H3,(H,15,17)/b5-4+. The molecule has 17 heavy (non-hydrogen) atoms. The summed E-state index contributed by atoms with van der Waals surface area (Å²) in [5.74, 6) is -0.0141. The van der Waals surface area contributed by atoms with Crippen LogP contribution in [-0.2, 0) is 0 Å². The van der Waals surface area contributed by atoms with Crippen LogP contribution in [0.25, 0.3) is 0 Å². The first-order valence-corrected chi connectivity index (χ1v) is 5.82. The average Bonchev–Trinajstić information content (AvgIpc) is 2.34. The van der Waals surface area contributed by atoms with E-state index in [-0.39, 0.29) is 5.91 Å². The number of allylic oxidation sites excluding steroid dienone is 1. The fourth-order valence-electron chi connectivity index (χ4n) is 1.45. The first-order valence-electron chi connectivity index (χ1n) is 5.82. The maximum Gasteiger partial charge on any atom is 0.251 e. The third-order valence-electron chi connectivity index (χ3n) is 2.48. The van der Waals surface area contributed by atoms with Crippen molar-refractivity contribution in [2.75, 3.05) is 25.5 Å². The van der Waals surface area contributed by atoms with Gasteiger partial charge in [0, 0.05) is 31.9 Å². The summed E-state index contributed by atoms with van der Waals surface area (Å²) in [5.41, 5.74) is 1.80. The molecule has 0 radical (unpaired) electrons. The van der Waals surface area contributed by atoms with Crippen LogP contribution in [0, 0.1) is 0 Å². The number of nitrogens with one attached hydrogen (secondary N) is 1. The molecule has 0 unspecified atom stereocenters. The topological polar surface area (TPSA) is 32.3 Å². The van der Waals surface area contributed by atoms with E-state index >= 15 is 0 Å². The molecular weight excluding hydrogens is 212 g/mol. The van der Waals surface area contributed by atoms with Crippen LogP contribution in [0.15, 0.2) is 36.4 Å². The minimum atomic E-state index is -0.0141. The Bertz CT molecular complexity index is 380. The Morgan fingerprint density at radius 3 is 2.47 bits per heavy atom. The zero-order valence-electron chi connectivity index (χ0n) is 10.7. The number of benzene rings is 1. The van der Waals surface area contributed by atoms with Crippen molar-refractivity contribution in [3.05, 3.63) is 42.0 Å². The van der Waals surface area contributed by atoms with Gasteiger partial charge in [0.05, 0.1) is 0 Å². The van der Waals surface area contributed by atoms with Crippen LogP contribution >= 0.6 is 0 Å². The molecule has 0 heterocycles. The maximum atomic E-state index is 11.7. The lowest BCUT2D eigenvalue weighted by molar-refractivity contribution is 0.0954. The molecule has 1 aromatic carbocycles. The lowest BCUT2D eigenvalue weighted by Crippen LogP contribution is -2.24. The molecule has 0 spiro atoms. The molecule has 0 atom stereocenters. The summed E-state index contributed by atoms with van der Waals surface area (Å²) in [6.07, 6.45) is 4.89. The fraction of sp³-hybridized carbons (Fsp3) is 0.357. The molecule has 1 rings (SSSR count). The Morgan fingerprint density at radius 2 is 1.94 bits per heavy atom. The molecule has 92 valence electrons. The largest absolute Gasteiger partial charge is 0.378 e. The number of carbonyl (C=O) groups is 1. The van der Waals surface area contributed by atoms with Crippen LogP contribution in [0.4, 0.5) is 5.69 Å². The van der Waals surface area contributed by atoms with E-state index in [1.165, 1.54) is 0 Å². The van der Waals surface area contributed by atoms with Crippen molar-refractivity contribution in [2.24, 2.45) is 0 Å². The van der Waals surface area contributed by atoms with Gasteiger partial charge in [0.25, 0.3) is 5.91 Å². The molecule has 0 saturated carbocycles. The number of rotatable bonds is 5. The average molecular weight is 232 g/mol. The molecule has 1 amide bonds. The van der Waals surface area contributed by atoms with Crippen LogP contribution in [0.5, 0.6) is 0 Å². The second kappa shape index (κ2) is 6.74. The number of hydrogen-bond acceptors (Lipinski definition) is 2. The summed E-state index contributed by atoms with van der Waals surface area (Å²) in [5, 5.41) is 2.88. The number of amides is 1. The van der Waals surface area contributed by atoms with Crippen LogP contribution in [0.3, 0.4) is 0 Å². The lowest BCUT2D eigenvalue weighted by Gasteiger charge is -2.12. The highest BCUT2D eigenvalue weighted by molar-refractivity contribution is 5.94. The smallest absolute Gasteiger partial charge is 0.251 e. The first kappa shape index (κ1) is 13.3.